The second kappa shape index (κ2) is 4.50. The van der Waals surface area contributed by atoms with Crippen molar-refractivity contribution in [1.29, 1.82) is 0 Å². The second-order valence-corrected chi connectivity index (χ2v) is 4.72. The summed E-state index contributed by atoms with van der Waals surface area (Å²) in [7, 11) is 0. The topological polar surface area (TPSA) is 55.1 Å². The van der Waals surface area contributed by atoms with Crippen molar-refractivity contribution in [2.75, 3.05) is 0 Å². The van der Waals surface area contributed by atoms with Crippen molar-refractivity contribution in [2.45, 2.75) is 6.92 Å². The molecule has 1 aromatic heterocycles. The van der Waals surface area contributed by atoms with E-state index in [1.54, 1.807) is 19.1 Å². The Morgan fingerprint density at radius 3 is 2.47 bits per heavy atom. The van der Waals surface area contributed by atoms with Gasteiger partial charge >= 0.3 is 5.97 Å². The lowest BCUT2D eigenvalue weighted by Crippen LogP contribution is -1.99. The summed E-state index contributed by atoms with van der Waals surface area (Å²) in [6, 6.07) is 7.27. The van der Waals surface area contributed by atoms with Crippen LogP contribution in [0.4, 0.5) is 0 Å². The highest BCUT2D eigenvalue weighted by molar-refractivity contribution is 9.10. The number of benzene rings is 1. The molecule has 0 aliphatic carbocycles. The Morgan fingerprint density at radius 2 is 2.00 bits per heavy atom. The molecule has 6 heteroatoms. The molecular formula is C11H8BrClN2O2. The van der Waals surface area contributed by atoms with Gasteiger partial charge in [-0.25, -0.2) is 9.48 Å². The van der Waals surface area contributed by atoms with E-state index >= 15 is 0 Å². The van der Waals surface area contributed by atoms with E-state index in [9.17, 15) is 4.79 Å². The van der Waals surface area contributed by atoms with E-state index in [4.69, 9.17) is 16.7 Å². The summed E-state index contributed by atoms with van der Waals surface area (Å²) in [5.74, 6) is -1.07. The molecule has 1 heterocycles. The first-order valence-electron chi connectivity index (χ1n) is 4.75. The summed E-state index contributed by atoms with van der Waals surface area (Å²) in [5.41, 5.74) is 1.15. The SMILES string of the molecule is Cc1nn(-c2ccc(Br)cc2)c(Cl)c1C(=O)O. The van der Waals surface area contributed by atoms with E-state index in [0.29, 0.717) is 11.4 Å². The van der Waals surface area contributed by atoms with Gasteiger partial charge in [-0.2, -0.15) is 5.10 Å². The van der Waals surface area contributed by atoms with Gasteiger partial charge in [0.1, 0.15) is 10.7 Å². The highest BCUT2D eigenvalue weighted by atomic mass is 79.9. The molecule has 0 aliphatic heterocycles. The average Bonchev–Trinajstić information content (AvgIpc) is 2.55. The zero-order chi connectivity index (χ0) is 12.6. The Bertz CT molecular complexity index is 578. The number of hydrogen-bond acceptors (Lipinski definition) is 2. The minimum Gasteiger partial charge on any atom is -0.478 e. The minimum atomic E-state index is -1.07. The number of aryl methyl sites for hydroxylation is 1. The van der Waals surface area contributed by atoms with Gasteiger partial charge in [-0.1, -0.05) is 27.5 Å². The van der Waals surface area contributed by atoms with Crippen molar-refractivity contribution in [1.82, 2.24) is 9.78 Å². The van der Waals surface area contributed by atoms with Crippen molar-refractivity contribution in [2.24, 2.45) is 0 Å². The van der Waals surface area contributed by atoms with Crippen LogP contribution in [0.2, 0.25) is 5.15 Å². The second-order valence-electron chi connectivity index (χ2n) is 3.44. The Kier molecular flexibility index (Phi) is 3.22. The molecule has 1 N–H and O–H groups in total. The first-order chi connectivity index (χ1) is 8.00. The van der Waals surface area contributed by atoms with Crippen molar-refractivity contribution in [3.8, 4) is 5.69 Å². The zero-order valence-electron chi connectivity index (χ0n) is 8.82. The Labute approximate surface area is 111 Å². The predicted molar refractivity (Wildman–Crippen MR) is 68.0 cm³/mol. The third kappa shape index (κ3) is 2.21. The lowest BCUT2D eigenvalue weighted by Gasteiger charge is -2.02. The summed E-state index contributed by atoms with van der Waals surface area (Å²) >= 11 is 9.33. The van der Waals surface area contributed by atoms with Crippen LogP contribution < -0.4 is 0 Å². The number of carbonyl (C=O) groups is 1. The minimum absolute atomic E-state index is 0.0367. The van der Waals surface area contributed by atoms with Crippen LogP contribution in [0.3, 0.4) is 0 Å². The number of rotatable bonds is 2. The quantitative estimate of drug-likeness (QED) is 0.925. The number of carboxylic acid groups (broad SMARTS) is 1. The van der Waals surface area contributed by atoms with Crippen LogP contribution in [0, 0.1) is 6.92 Å². The largest absolute Gasteiger partial charge is 0.478 e. The molecule has 2 rings (SSSR count). The molecule has 0 spiro atoms. The van der Waals surface area contributed by atoms with Gasteiger partial charge in [0.05, 0.1) is 11.4 Å². The van der Waals surface area contributed by atoms with Crippen molar-refractivity contribution >= 4 is 33.5 Å². The van der Waals surface area contributed by atoms with E-state index < -0.39 is 5.97 Å². The Hall–Kier alpha value is -1.33. The first-order valence-corrected chi connectivity index (χ1v) is 5.92. The van der Waals surface area contributed by atoms with Crippen molar-refractivity contribution in [3.05, 3.63) is 45.1 Å². The molecule has 0 aliphatic rings. The smallest absolute Gasteiger partial charge is 0.340 e. The predicted octanol–water partition coefficient (Wildman–Crippen LogP) is 3.29. The van der Waals surface area contributed by atoms with Gasteiger partial charge in [-0.3, -0.25) is 0 Å². The molecule has 88 valence electrons. The number of aromatic carboxylic acids is 1. The molecule has 4 nitrogen and oxygen atoms in total. The van der Waals surface area contributed by atoms with Gasteiger partial charge in [-0.15, -0.1) is 0 Å². The number of nitrogens with zero attached hydrogens (tertiary/aromatic N) is 2. The molecule has 0 amide bonds. The fourth-order valence-electron chi connectivity index (χ4n) is 1.50. The van der Waals surface area contributed by atoms with E-state index in [0.717, 1.165) is 4.47 Å². The van der Waals surface area contributed by atoms with Crippen LogP contribution in [0.5, 0.6) is 0 Å². The number of carboxylic acids is 1. The maximum Gasteiger partial charge on any atom is 0.340 e. The maximum absolute atomic E-state index is 11.0. The summed E-state index contributed by atoms with van der Waals surface area (Å²) in [6.45, 7) is 1.62. The summed E-state index contributed by atoms with van der Waals surface area (Å²) in [4.78, 5) is 11.0. The Balaban J connectivity index is 2.57. The molecule has 0 saturated heterocycles. The van der Waals surface area contributed by atoms with Crippen LogP contribution in [-0.2, 0) is 0 Å². The van der Waals surface area contributed by atoms with Gasteiger partial charge in [0.2, 0.25) is 0 Å². The van der Waals surface area contributed by atoms with Gasteiger partial charge in [-0.05, 0) is 31.2 Å². The average molecular weight is 316 g/mol. The van der Waals surface area contributed by atoms with Gasteiger partial charge in [0.25, 0.3) is 0 Å². The number of halogens is 2. The normalized spacial score (nSPS) is 10.5. The molecule has 0 saturated carbocycles. The molecule has 2 aromatic rings. The molecular weight excluding hydrogens is 307 g/mol. The number of aromatic nitrogens is 2. The number of hydrogen-bond donors (Lipinski definition) is 1. The van der Waals surface area contributed by atoms with Gasteiger partial charge in [0.15, 0.2) is 0 Å². The van der Waals surface area contributed by atoms with Gasteiger partial charge < -0.3 is 5.11 Å². The third-order valence-electron chi connectivity index (χ3n) is 2.29. The molecule has 0 radical (unpaired) electrons. The van der Waals surface area contributed by atoms with Crippen LogP contribution in [0.25, 0.3) is 5.69 Å². The monoisotopic (exact) mass is 314 g/mol. The molecule has 17 heavy (non-hydrogen) atoms. The standard InChI is InChI=1S/C11H8BrClN2O2/c1-6-9(11(16)17)10(13)15(14-6)8-4-2-7(12)3-5-8/h2-5H,1H3,(H,16,17). The van der Waals surface area contributed by atoms with E-state index in [1.807, 2.05) is 12.1 Å². The molecule has 1 aromatic carbocycles. The highest BCUT2D eigenvalue weighted by Gasteiger charge is 2.20. The fourth-order valence-corrected chi connectivity index (χ4v) is 2.11. The van der Waals surface area contributed by atoms with Crippen LogP contribution in [-0.4, -0.2) is 20.9 Å². The highest BCUT2D eigenvalue weighted by Crippen LogP contribution is 2.24. The van der Waals surface area contributed by atoms with E-state index in [2.05, 4.69) is 21.0 Å². The van der Waals surface area contributed by atoms with Crippen molar-refractivity contribution in [3.63, 3.8) is 0 Å². The van der Waals surface area contributed by atoms with E-state index in [-0.39, 0.29) is 10.7 Å². The van der Waals surface area contributed by atoms with Crippen LogP contribution >= 0.6 is 27.5 Å². The van der Waals surface area contributed by atoms with Crippen LogP contribution in [0.15, 0.2) is 28.7 Å². The van der Waals surface area contributed by atoms with E-state index in [1.165, 1.54) is 4.68 Å². The maximum atomic E-state index is 11.0. The lowest BCUT2D eigenvalue weighted by molar-refractivity contribution is 0.0696. The fraction of sp³-hybridized carbons (Fsp3) is 0.0909. The molecule has 0 unspecified atom stereocenters. The molecule has 0 fully saturated rings. The molecule has 0 bridgehead atoms. The Morgan fingerprint density at radius 1 is 1.41 bits per heavy atom. The third-order valence-corrected chi connectivity index (χ3v) is 3.17. The van der Waals surface area contributed by atoms with Crippen LogP contribution in [0.1, 0.15) is 16.1 Å². The lowest BCUT2D eigenvalue weighted by atomic mass is 10.3. The first kappa shape index (κ1) is 12.1. The van der Waals surface area contributed by atoms with Crippen molar-refractivity contribution < 1.29 is 9.90 Å². The van der Waals surface area contributed by atoms with Gasteiger partial charge in [0, 0.05) is 4.47 Å². The molecule has 0 atom stereocenters. The summed E-state index contributed by atoms with van der Waals surface area (Å²) in [6.07, 6.45) is 0. The summed E-state index contributed by atoms with van der Waals surface area (Å²) < 4.78 is 2.34. The summed E-state index contributed by atoms with van der Waals surface area (Å²) in [5, 5.41) is 13.2. The zero-order valence-corrected chi connectivity index (χ0v) is 11.2.